The Balaban J connectivity index is 0.000000198. The van der Waals surface area contributed by atoms with E-state index in [1.54, 1.807) is 101 Å². The second-order valence-electron chi connectivity index (χ2n) is 23.6. The summed E-state index contributed by atoms with van der Waals surface area (Å²) in [4.78, 5) is 168. The van der Waals surface area contributed by atoms with Crippen molar-refractivity contribution in [1.29, 1.82) is 0 Å². The van der Waals surface area contributed by atoms with Gasteiger partial charge in [-0.05, 0) is 166 Å². The summed E-state index contributed by atoms with van der Waals surface area (Å²) in [5.41, 5.74) is 9.22. The van der Waals surface area contributed by atoms with E-state index < -0.39 is 57.9 Å². The maximum Gasteiger partial charge on any atom is 0.347 e. The van der Waals surface area contributed by atoms with Gasteiger partial charge in [0.05, 0.1) is 25.0 Å². The molecular formula is C77H68ClI4N21O13Y. The molecule has 0 aliphatic heterocycles. The third kappa shape index (κ3) is 28.1. The maximum absolute atomic E-state index is 12.6. The molecule has 0 saturated heterocycles. The van der Waals surface area contributed by atoms with Crippen LogP contribution in [-0.2, 0) is 77.8 Å². The first-order valence-electron chi connectivity index (χ1n) is 34.3. The monoisotopic (exact) mass is 2130 g/mol. The molecule has 0 unspecified atom stereocenters. The van der Waals surface area contributed by atoms with E-state index >= 15 is 0 Å². The van der Waals surface area contributed by atoms with E-state index in [2.05, 4.69) is 145 Å². The molecule has 3 amide bonds. The van der Waals surface area contributed by atoms with E-state index in [-0.39, 0.29) is 97.0 Å². The number of amides is 3. The van der Waals surface area contributed by atoms with Crippen LogP contribution in [0.15, 0.2) is 203 Å². The van der Waals surface area contributed by atoms with Gasteiger partial charge in [0.2, 0.25) is 35.0 Å². The predicted octanol–water partition coefficient (Wildman–Crippen LogP) is 8.81. The van der Waals surface area contributed by atoms with Gasteiger partial charge in [-0.15, -0.1) is 5.92 Å². The van der Waals surface area contributed by atoms with Crippen LogP contribution in [0.25, 0.3) is 23.1 Å². The Bertz CT molecular complexity index is 6040. The van der Waals surface area contributed by atoms with Crippen molar-refractivity contribution in [2.75, 3.05) is 24.3 Å². The van der Waals surface area contributed by atoms with Gasteiger partial charge in [-0.1, -0.05) is 103 Å². The molecule has 3 aromatic carbocycles. The van der Waals surface area contributed by atoms with Gasteiger partial charge in [0, 0.05) is 171 Å². The van der Waals surface area contributed by atoms with Gasteiger partial charge < -0.3 is 41.6 Å². The second kappa shape index (κ2) is 46.7. The molecule has 34 nitrogen and oxygen atoms in total. The van der Waals surface area contributed by atoms with Gasteiger partial charge in [0.15, 0.2) is 5.57 Å². The number of nitrogens with zero attached hydrogens (tertiary/aromatic N) is 16. The number of anilines is 2. The number of benzene rings is 3. The number of nitrogens with one attached hydrogen (secondary N) is 4. The largest absolute Gasteiger partial charge is 0.477 e. The van der Waals surface area contributed by atoms with E-state index in [1.807, 2.05) is 108 Å². The average Bonchev–Trinajstić information content (AvgIpc) is 0.803. The zero-order valence-corrected chi connectivity index (χ0v) is 75.0. The van der Waals surface area contributed by atoms with Crippen molar-refractivity contribution in [1.82, 2.24) is 93.4 Å². The topological polar surface area (TPSA) is 456 Å². The number of carboxylic acids is 1. The first-order chi connectivity index (χ1) is 55.7. The minimum Gasteiger partial charge on any atom is -0.477 e. The van der Waals surface area contributed by atoms with Crippen molar-refractivity contribution in [2.24, 2.45) is 0 Å². The normalized spacial score (nSPS) is 10.2. The number of fused-ring (bicyclic) bond motifs is 4. The molecule has 40 heteroatoms. The Morgan fingerprint density at radius 3 is 1.21 bits per heavy atom. The Kier molecular flexibility index (Phi) is 37.2. The SMILES string of the molecule is CC#Cc1cnc2ncc(C(=O)NCc3ccc(C)cc3)c(=O)n2c1.CCCc1cnc2ncc(C(=O)NCc3ccc(C)cc3)c(=O)n2c1.CCOC(=O)C(=CNc1ncc(I)cn1)C(=O)OCC.Nc1ncc(I)cn1.O=C(NCc1ccc(Cl)cc1)c1cnc2ncc(I)cn2c1=O.O=C(O)c1cnc2ncc(I)cn2c1=O.[Y]. The number of aromatic carboxylic acids is 1. The number of carbonyl (C=O) groups is 6. The molecule has 13 aromatic rings. The first kappa shape index (κ1) is 93.2. The van der Waals surface area contributed by atoms with Crippen LogP contribution in [0.1, 0.15) is 114 Å². The Morgan fingerprint density at radius 1 is 0.470 bits per heavy atom. The van der Waals surface area contributed by atoms with Crippen molar-refractivity contribution < 1.29 is 76.1 Å². The number of hydrogen-bond donors (Lipinski definition) is 6. The summed E-state index contributed by atoms with van der Waals surface area (Å²) in [5.74, 6) is 2.91. The van der Waals surface area contributed by atoms with Crippen molar-refractivity contribution in [3.8, 4) is 11.8 Å². The molecule has 10 heterocycles. The third-order valence-electron chi connectivity index (χ3n) is 15.1. The Labute approximate surface area is 750 Å². The fourth-order valence-electron chi connectivity index (χ4n) is 9.43. The van der Waals surface area contributed by atoms with Gasteiger partial charge in [-0.2, -0.15) is 0 Å². The van der Waals surface area contributed by atoms with Crippen molar-refractivity contribution >= 4 is 173 Å². The van der Waals surface area contributed by atoms with Crippen molar-refractivity contribution in [3.05, 3.63) is 306 Å². The Hall–Kier alpha value is -11.0. The summed E-state index contributed by atoms with van der Waals surface area (Å²) in [6, 6.07) is 22.7. The molecule has 1 radical (unpaired) electrons. The summed E-state index contributed by atoms with van der Waals surface area (Å²) < 4.78 is 17.9. The molecule has 0 aliphatic carbocycles. The summed E-state index contributed by atoms with van der Waals surface area (Å²) in [6.45, 7) is 12.4. The standard InChI is InChI=1S/C19H20N4O2.C19H16N4O2.C15H10ClIN4O2.C12H14IN3O4.C8H4IN3O3.C4H4IN3.Y/c2*1-3-4-15-10-21-19-22-11-16(18(25)23(19)12-15)17(24)20-9-14-7-5-13(2)6-8-14;16-10-3-1-9(2-4-10)5-18-13(22)12-7-20-15-19-6-11(17)8-21(15)14(12)23;1-3-19-10(17)9(11(18)20-4-2)7-16-12-14-5-8(13)6-15-12;9-4-1-10-8-11-2-5(7(14)15)6(13)12(8)3-4;5-3-1-7-4(6)8-2-3;/h5-8,10-12H,3-4,9H2,1-2H3,(H,20,24);5-8,10-12H,9H2,1-2H3,(H,20,24);1-4,6-8H,5H2,(H,18,22);5-7H,3-4H2,1-2H3,(H,14,15,16);1-3H,(H,14,15);1-2H,(H2,6,7,8);. The van der Waals surface area contributed by atoms with Crippen LogP contribution in [0, 0.1) is 40.0 Å². The number of halogens is 5. The van der Waals surface area contributed by atoms with Crippen molar-refractivity contribution in [3.63, 3.8) is 0 Å². The summed E-state index contributed by atoms with van der Waals surface area (Å²) in [6.07, 6.45) is 27.0. The van der Waals surface area contributed by atoms with E-state index in [0.717, 1.165) is 71.1 Å². The molecule has 0 fully saturated rings. The summed E-state index contributed by atoms with van der Waals surface area (Å²) >= 11 is 14.0. The summed E-state index contributed by atoms with van der Waals surface area (Å²) in [5, 5.41) is 20.2. The molecule has 13 rings (SSSR count). The van der Waals surface area contributed by atoms with E-state index in [0.29, 0.717) is 41.9 Å². The number of ether oxygens (including phenoxy) is 2. The predicted molar refractivity (Wildman–Crippen MR) is 462 cm³/mol. The van der Waals surface area contributed by atoms with Gasteiger partial charge in [-0.25, -0.2) is 78.6 Å². The smallest absolute Gasteiger partial charge is 0.347 e. The van der Waals surface area contributed by atoms with Crippen LogP contribution in [0.2, 0.25) is 5.02 Å². The fraction of sp³-hybridized carbons (Fsp3) is 0.169. The van der Waals surface area contributed by atoms with Gasteiger partial charge in [-0.3, -0.25) is 46.8 Å². The van der Waals surface area contributed by atoms with Crippen molar-refractivity contribution in [2.45, 2.75) is 74.0 Å². The van der Waals surface area contributed by atoms with Gasteiger partial charge >= 0.3 is 17.9 Å². The van der Waals surface area contributed by atoms with Crippen LogP contribution >= 0.6 is 102 Å². The molecule has 0 saturated carbocycles. The molecule has 0 aliphatic rings. The zero-order chi connectivity index (χ0) is 84.0. The first-order valence-corrected chi connectivity index (χ1v) is 39.0. The number of aromatic nitrogens is 16. The maximum atomic E-state index is 12.6. The quantitative estimate of drug-likeness (QED) is 0.0117. The minimum absolute atomic E-state index is 0. The summed E-state index contributed by atoms with van der Waals surface area (Å²) in [7, 11) is 0. The van der Waals surface area contributed by atoms with Gasteiger partial charge in [0.25, 0.3) is 40.0 Å². The van der Waals surface area contributed by atoms with E-state index in [9.17, 15) is 47.9 Å². The van der Waals surface area contributed by atoms with Crippen LogP contribution in [0.3, 0.4) is 0 Å². The van der Waals surface area contributed by atoms with Crippen LogP contribution in [0.5, 0.6) is 0 Å². The van der Waals surface area contributed by atoms with E-state index in [1.165, 1.54) is 56.6 Å². The van der Waals surface area contributed by atoms with Gasteiger partial charge in [0.1, 0.15) is 22.3 Å². The molecule has 10 aromatic heterocycles. The third-order valence-corrected chi connectivity index (χ3v) is 17.6. The molecular weight excluding hydrogens is 2060 g/mol. The number of esters is 2. The number of carbonyl (C=O) groups excluding carboxylic acids is 5. The molecule has 7 N–H and O–H groups in total. The van der Waals surface area contributed by atoms with E-state index in [4.69, 9.17) is 31.9 Å². The second-order valence-corrected chi connectivity index (χ2v) is 29.1. The number of nitrogens with two attached hydrogens (primary N) is 1. The Morgan fingerprint density at radius 2 is 0.821 bits per heavy atom. The average molecular weight is 2130 g/mol. The zero-order valence-electron chi connectivity index (χ0n) is 62.7. The number of hydrogen-bond acceptors (Lipinski definition) is 26. The molecule has 0 atom stereocenters. The van der Waals surface area contributed by atoms with Crippen LogP contribution in [0.4, 0.5) is 11.9 Å². The number of rotatable bonds is 18. The van der Waals surface area contributed by atoms with Crippen LogP contribution < -0.4 is 49.2 Å². The number of carboxylic acid groups (broad SMARTS) is 1. The van der Waals surface area contributed by atoms with Crippen LogP contribution in [-0.4, -0.2) is 131 Å². The molecule has 117 heavy (non-hydrogen) atoms. The molecule has 0 bridgehead atoms. The number of aryl methyl sites for hydroxylation is 3. The molecule has 597 valence electrons. The minimum atomic E-state index is -1.29. The number of nitrogen functional groups attached to an aromatic ring is 1. The fourth-order valence-corrected chi connectivity index (χ4v) is 11.0. The molecule has 0 spiro atoms.